The maximum atomic E-state index is 12.8. The van der Waals surface area contributed by atoms with E-state index in [0.717, 1.165) is 28.1 Å². The van der Waals surface area contributed by atoms with Crippen LogP contribution >= 0.6 is 0 Å². The molecule has 0 aliphatic carbocycles. The average molecular weight is 377 g/mol. The largest absolute Gasteiger partial charge is 0.504 e. The number of benzene rings is 2. The number of rotatable bonds is 3. The van der Waals surface area contributed by atoms with Crippen LogP contribution in [-0.2, 0) is 17.9 Å². The lowest BCUT2D eigenvalue weighted by molar-refractivity contribution is -0.132. The Balaban J connectivity index is 1.64. The van der Waals surface area contributed by atoms with Gasteiger partial charge in [-0.05, 0) is 42.7 Å². The number of aromatic hydroxyl groups is 1. The van der Waals surface area contributed by atoms with Crippen molar-refractivity contribution in [3.05, 3.63) is 65.7 Å². The molecule has 0 fully saturated rings. The maximum absolute atomic E-state index is 12.8. The second-order valence-electron chi connectivity index (χ2n) is 7.06. The molecule has 0 atom stereocenters. The van der Waals surface area contributed by atoms with E-state index in [4.69, 9.17) is 4.74 Å². The first kappa shape index (κ1) is 18.1. The number of amides is 1. The van der Waals surface area contributed by atoms with Crippen LogP contribution in [0.4, 0.5) is 0 Å². The number of phenols is 1. The fourth-order valence-corrected chi connectivity index (χ4v) is 3.58. The lowest BCUT2D eigenvalue weighted by Gasteiger charge is -2.21. The van der Waals surface area contributed by atoms with Crippen molar-refractivity contribution >= 4 is 5.91 Å². The van der Waals surface area contributed by atoms with E-state index in [1.54, 1.807) is 23.4 Å². The van der Waals surface area contributed by atoms with Crippen molar-refractivity contribution in [3.8, 4) is 22.6 Å². The Hall–Kier alpha value is -3.28. The van der Waals surface area contributed by atoms with Crippen LogP contribution < -0.4 is 4.74 Å². The number of carbonyl (C=O) groups is 1. The minimum atomic E-state index is -0.00154. The van der Waals surface area contributed by atoms with Crippen LogP contribution in [-0.4, -0.2) is 38.6 Å². The summed E-state index contributed by atoms with van der Waals surface area (Å²) in [6.45, 7) is 5.37. The fourth-order valence-electron chi connectivity index (χ4n) is 3.58. The summed E-state index contributed by atoms with van der Waals surface area (Å²) < 4.78 is 7.61. The van der Waals surface area contributed by atoms with Crippen molar-refractivity contribution < 1.29 is 14.6 Å². The molecule has 3 aromatic rings. The Morgan fingerprint density at radius 1 is 1.25 bits per heavy atom. The van der Waals surface area contributed by atoms with Gasteiger partial charge in [-0.2, -0.15) is 0 Å². The molecule has 0 saturated heterocycles. The van der Waals surface area contributed by atoms with Gasteiger partial charge in [-0.25, -0.2) is 4.98 Å². The van der Waals surface area contributed by atoms with Crippen molar-refractivity contribution in [1.82, 2.24) is 14.5 Å². The number of aryl methyl sites for hydroxylation is 2. The van der Waals surface area contributed by atoms with E-state index in [2.05, 4.69) is 4.98 Å². The molecule has 4 rings (SSSR count). The van der Waals surface area contributed by atoms with Gasteiger partial charge in [0.1, 0.15) is 19.0 Å². The Morgan fingerprint density at radius 3 is 2.82 bits per heavy atom. The number of imidazole rings is 1. The zero-order chi connectivity index (χ0) is 19.7. The van der Waals surface area contributed by atoms with Crippen LogP contribution in [0.5, 0.6) is 11.5 Å². The lowest BCUT2D eigenvalue weighted by atomic mass is 9.98. The summed E-state index contributed by atoms with van der Waals surface area (Å²) >= 11 is 0. The lowest BCUT2D eigenvalue weighted by Crippen LogP contribution is -2.35. The van der Waals surface area contributed by atoms with Crippen LogP contribution in [0.25, 0.3) is 11.1 Å². The molecule has 0 unspecified atom stereocenters. The quantitative estimate of drug-likeness (QED) is 0.761. The summed E-state index contributed by atoms with van der Waals surface area (Å²) in [7, 11) is 0. The van der Waals surface area contributed by atoms with E-state index in [1.165, 1.54) is 0 Å². The van der Waals surface area contributed by atoms with E-state index in [-0.39, 0.29) is 18.2 Å². The molecule has 1 aliphatic heterocycles. The molecule has 1 N–H and O–H groups in total. The van der Waals surface area contributed by atoms with Gasteiger partial charge in [0.2, 0.25) is 5.91 Å². The number of phenolic OH excluding ortho intramolecular Hbond substituents is 1. The predicted octanol–water partition coefficient (Wildman–Crippen LogP) is 3.29. The molecule has 1 aromatic heterocycles. The minimum absolute atomic E-state index is 0.00154. The third kappa shape index (κ3) is 3.45. The van der Waals surface area contributed by atoms with E-state index in [1.807, 2.05) is 48.7 Å². The van der Waals surface area contributed by atoms with E-state index in [0.29, 0.717) is 25.4 Å². The average Bonchev–Trinajstić information content (AvgIpc) is 2.94. The highest BCUT2D eigenvalue weighted by Gasteiger charge is 2.23. The SMILES string of the molecule is Cc1ccccc1-c1cc(O)c2c(c1)CN(C(=O)Cn1ccnc1C)CCO2. The number of nitrogens with zero attached hydrogens (tertiary/aromatic N) is 3. The van der Waals surface area contributed by atoms with Gasteiger partial charge in [-0.15, -0.1) is 0 Å². The third-order valence-electron chi connectivity index (χ3n) is 5.15. The van der Waals surface area contributed by atoms with Crippen LogP contribution in [0.2, 0.25) is 0 Å². The molecule has 0 spiro atoms. The summed E-state index contributed by atoms with van der Waals surface area (Å²) in [4.78, 5) is 18.8. The molecule has 0 saturated carbocycles. The number of fused-ring (bicyclic) bond motifs is 1. The van der Waals surface area contributed by atoms with Crippen LogP contribution in [0.1, 0.15) is 17.0 Å². The predicted molar refractivity (Wildman–Crippen MR) is 106 cm³/mol. The van der Waals surface area contributed by atoms with Gasteiger partial charge in [0.05, 0.1) is 6.54 Å². The van der Waals surface area contributed by atoms with Crippen molar-refractivity contribution in [2.24, 2.45) is 0 Å². The first-order chi connectivity index (χ1) is 13.5. The number of carbonyl (C=O) groups excluding carboxylic acids is 1. The second-order valence-corrected chi connectivity index (χ2v) is 7.06. The number of aromatic nitrogens is 2. The number of hydrogen-bond donors (Lipinski definition) is 1. The molecule has 144 valence electrons. The van der Waals surface area contributed by atoms with Gasteiger partial charge in [0.15, 0.2) is 11.5 Å². The van der Waals surface area contributed by atoms with Gasteiger partial charge in [0.25, 0.3) is 0 Å². The molecular formula is C22H23N3O3. The maximum Gasteiger partial charge on any atom is 0.242 e. The Labute approximate surface area is 164 Å². The molecule has 1 amide bonds. The van der Waals surface area contributed by atoms with Crippen LogP contribution in [0.3, 0.4) is 0 Å². The highest BCUT2D eigenvalue weighted by Crippen LogP contribution is 2.38. The summed E-state index contributed by atoms with van der Waals surface area (Å²) in [5, 5.41) is 10.5. The molecule has 0 bridgehead atoms. The van der Waals surface area contributed by atoms with Crippen molar-refractivity contribution in [1.29, 1.82) is 0 Å². The van der Waals surface area contributed by atoms with E-state index in [9.17, 15) is 9.90 Å². The van der Waals surface area contributed by atoms with Gasteiger partial charge in [0, 0.05) is 24.5 Å². The van der Waals surface area contributed by atoms with Gasteiger partial charge >= 0.3 is 0 Å². The Bertz CT molecular complexity index is 1030. The Morgan fingerprint density at radius 2 is 2.07 bits per heavy atom. The van der Waals surface area contributed by atoms with Gasteiger partial charge in [-0.1, -0.05) is 24.3 Å². The van der Waals surface area contributed by atoms with Gasteiger partial charge < -0.3 is 19.3 Å². The smallest absolute Gasteiger partial charge is 0.242 e. The summed E-state index contributed by atoms with van der Waals surface area (Å²) in [6, 6.07) is 11.8. The third-order valence-corrected chi connectivity index (χ3v) is 5.15. The molecule has 28 heavy (non-hydrogen) atoms. The number of ether oxygens (including phenoxy) is 1. The molecule has 2 aromatic carbocycles. The normalized spacial score (nSPS) is 13.6. The van der Waals surface area contributed by atoms with Gasteiger partial charge in [-0.3, -0.25) is 4.79 Å². The summed E-state index contributed by atoms with van der Waals surface area (Å²) in [5.74, 6) is 1.37. The number of hydrogen-bond acceptors (Lipinski definition) is 4. The first-order valence-electron chi connectivity index (χ1n) is 9.33. The monoisotopic (exact) mass is 377 g/mol. The first-order valence-corrected chi connectivity index (χ1v) is 9.33. The molecule has 2 heterocycles. The molecule has 0 radical (unpaired) electrons. The minimum Gasteiger partial charge on any atom is -0.504 e. The zero-order valence-corrected chi connectivity index (χ0v) is 16.1. The van der Waals surface area contributed by atoms with Crippen molar-refractivity contribution in [3.63, 3.8) is 0 Å². The Kier molecular flexibility index (Phi) is 4.77. The van der Waals surface area contributed by atoms with Crippen molar-refractivity contribution in [2.75, 3.05) is 13.2 Å². The standard InChI is InChI=1S/C22H23N3O3/c1-15-5-3-4-6-19(15)17-11-18-13-25(9-10-28-22(18)20(26)12-17)21(27)14-24-8-7-23-16(24)2/h3-8,11-12,26H,9-10,13-14H2,1-2H3. The van der Waals surface area contributed by atoms with E-state index >= 15 is 0 Å². The highest BCUT2D eigenvalue weighted by molar-refractivity contribution is 5.77. The second kappa shape index (κ2) is 7.38. The summed E-state index contributed by atoms with van der Waals surface area (Å²) in [6.07, 6.45) is 3.49. The van der Waals surface area contributed by atoms with Crippen LogP contribution in [0, 0.1) is 13.8 Å². The zero-order valence-electron chi connectivity index (χ0n) is 16.1. The molecular weight excluding hydrogens is 354 g/mol. The molecule has 6 heteroatoms. The topological polar surface area (TPSA) is 67.6 Å². The molecule has 6 nitrogen and oxygen atoms in total. The van der Waals surface area contributed by atoms with E-state index < -0.39 is 0 Å². The highest BCUT2D eigenvalue weighted by atomic mass is 16.5. The van der Waals surface area contributed by atoms with Crippen molar-refractivity contribution in [2.45, 2.75) is 26.9 Å². The summed E-state index contributed by atoms with van der Waals surface area (Å²) in [5.41, 5.74) is 3.90. The molecule has 1 aliphatic rings. The van der Waals surface area contributed by atoms with Crippen LogP contribution in [0.15, 0.2) is 48.8 Å². The fraction of sp³-hybridized carbons (Fsp3) is 0.273.